The molecule has 0 saturated carbocycles. The minimum absolute atomic E-state index is 0.189. The van der Waals surface area contributed by atoms with E-state index in [2.05, 4.69) is 0 Å². The predicted octanol–water partition coefficient (Wildman–Crippen LogP) is 8.42. The van der Waals surface area contributed by atoms with Crippen LogP contribution in [0.3, 0.4) is 0 Å². The summed E-state index contributed by atoms with van der Waals surface area (Å²) in [5.41, 5.74) is 5.99. The Morgan fingerprint density at radius 3 is 1.71 bits per heavy atom. The summed E-state index contributed by atoms with van der Waals surface area (Å²) in [6.07, 6.45) is 0. The van der Waals surface area contributed by atoms with Crippen LogP contribution >= 0.6 is 46.4 Å². The molecule has 0 unspecified atom stereocenters. The van der Waals surface area contributed by atoms with Crippen LogP contribution in [0.15, 0.2) is 54.6 Å². The van der Waals surface area contributed by atoms with Crippen molar-refractivity contribution in [1.29, 1.82) is 0 Å². The molecule has 11 heteroatoms. The maximum absolute atomic E-state index is 6.70. The fourth-order valence-electron chi connectivity index (χ4n) is 5.57. The number of nitrogens with zero attached hydrogens (tertiary/aromatic N) is 4. The smallest absolute Gasteiger partial charge is 0.231 e. The molecule has 0 saturated heterocycles. The summed E-state index contributed by atoms with van der Waals surface area (Å²) in [7, 11) is 0. The first-order valence-corrected chi connectivity index (χ1v) is 14.4. The molecule has 0 amide bonds. The minimum atomic E-state index is -0.241. The molecule has 5 aromatic rings. The molecule has 0 atom stereocenters. The highest BCUT2D eigenvalue weighted by Gasteiger charge is 2.39. The highest BCUT2D eigenvalue weighted by Crippen LogP contribution is 2.51. The Bertz CT molecular complexity index is 1700. The Morgan fingerprint density at radius 2 is 1.20 bits per heavy atom. The van der Waals surface area contributed by atoms with E-state index in [1.54, 1.807) is 9.36 Å². The maximum Gasteiger partial charge on any atom is 0.231 e. The number of hydrogen-bond donors (Lipinski definition) is 0. The monoisotopic (exact) mass is 626 g/mol. The van der Waals surface area contributed by atoms with E-state index in [4.69, 9.17) is 70.8 Å². The number of benzene rings is 3. The van der Waals surface area contributed by atoms with Gasteiger partial charge in [-0.3, -0.25) is 0 Å². The van der Waals surface area contributed by atoms with Crippen molar-refractivity contribution in [2.24, 2.45) is 0 Å². The SMILES string of the molecule is Cc1nn(Cc2c(Cl)cccc2Cl)c2c1C(c1ccc3c(c1)OCO3)c1c(C)nn(Cc3c(Cl)cccc3Cl)c1O2. The standard InChI is InChI=1S/C30H22Cl4N4O3/c1-15-26-28(17-9-10-24-25(11-17)40-14-39-24)27-16(2)36-38(13-19-22(33)7-4-8-23(19)34)30(27)41-29(26)37(35-15)12-18-20(31)5-3-6-21(18)32/h3-11,28H,12-14H2,1-2H3. The lowest BCUT2D eigenvalue weighted by atomic mass is 9.83. The van der Waals surface area contributed by atoms with Crippen molar-refractivity contribution in [3.05, 3.63) is 114 Å². The number of fused-ring (bicyclic) bond motifs is 3. The third-order valence-electron chi connectivity index (χ3n) is 7.49. The maximum atomic E-state index is 6.70. The van der Waals surface area contributed by atoms with E-state index >= 15 is 0 Å². The van der Waals surface area contributed by atoms with Gasteiger partial charge in [-0.25, -0.2) is 9.36 Å². The summed E-state index contributed by atoms with van der Waals surface area (Å²) >= 11 is 26.2. The average Bonchev–Trinajstić information content (AvgIpc) is 3.63. The minimum Gasteiger partial charge on any atom is -0.454 e. The van der Waals surface area contributed by atoms with Crippen molar-refractivity contribution in [3.63, 3.8) is 0 Å². The summed E-state index contributed by atoms with van der Waals surface area (Å²) in [5.74, 6) is 2.33. The average molecular weight is 628 g/mol. The van der Waals surface area contributed by atoms with Gasteiger partial charge in [-0.1, -0.05) is 64.6 Å². The summed E-state index contributed by atoms with van der Waals surface area (Å²) in [4.78, 5) is 0. The van der Waals surface area contributed by atoms with Gasteiger partial charge >= 0.3 is 0 Å². The summed E-state index contributed by atoms with van der Waals surface area (Å²) in [6, 6.07) is 16.9. The summed E-state index contributed by atoms with van der Waals surface area (Å²) in [6.45, 7) is 4.78. The van der Waals surface area contributed by atoms with Gasteiger partial charge in [0.15, 0.2) is 11.5 Å². The Labute approximate surface area is 256 Å². The fourth-order valence-corrected chi connectivity index (χ4v) is 6.60. The van der Waals surface area contributed by atoms with Gasteiger partial charge in [-0.05, 0) is 55.8 Å². The van der Waals surface area contributed by atoms with Gasteiger partial charge in [0.25, 0.3) is 0 Å². The van der Waals surface area contributed by atoms with Crippen molar-refractivity contribution in [2.45, 2.75) is 32.9 Å². The predicted molar refractivity (Wildman–Crippen MR) is 159 cm³/mol. The van der Waals surface area contributed by atoms with E-state index < -0.39 is 0 Å². The van der Waals surface area contributed by atoms with Crippen molar-refractivity contribution in [2.75, 3.05) is 6.79 Å². The summed E-state index contributed by atoms with van der Waals surface area (Å²) < 4.78 is 21.6. The molecule has 2 aromatic heterocycles. The van der Waals surface area contributed by atoms with Crippen LogP contribution in [0.1, 0.15) is 45.1 Å². The second-order valence-electron chi connectivity index (χ2n) is 9.97. The van der Waals surface area contributed by atoms with Crippen molar-refractivity contribution in [1.82, 2.24) is 19.6 Å². The quantitative estimate of drug-likeness (QED) is 0.192. The van der Waals surface area contributed by atoms with Gasteiger partial charge in [0.1, 0.15) is 0 Å². The zero-order chi connectivity index (χ0) is 28.4. The van der Waals surface area contributed by atoms with Crippen LogP contribution in [0.4, 0.5) is 0 Å². The summed E-state index contributed by atoms with van der Waals surface area (Å²) in [5, 5.41) is 12.0. The van der Waals surface area contributed by atoms with Crippen molar-refractivity contribution >= 4 is 46.4 Å². The fraction of sp³-hybridized carbons (Fsp3) is 0.200. The topological polar surface area (TPSA) is 63.3 Å². The zero-order valence-corrected chi connectivity index (χ0v) is 24.9. The zero-order valence-electron chi connectivity index (χ0n) is 21.9. The first-order valence-electron chi connectivity index (χ1n) is 12.9. The molecule has 0 aliphatic carbocycles. The van der Waals surface area contributed by atoms with Crippen molar-refractivity contribution < 1.29 is 14.2 Å². The van der Waals surface area contributed by atoms with Crippen LogP contribution in [0, 0.1) is 13.8 Å². The van der Waals surface area contributed by atoms with Crippen molar-refractivity contribution in [3.8, 4) is 23.3 Å². The molecular formula is C30H22Cl4N4O3. The van der Waals surface area contributed by atoms with E-state index in [0.717, 1.165) is 39.2 Å². The lowest BCUT2D eigenvalue weighted by Gasteiger charge is -2.26. The second-order valence-corrected chi connectivity index (χ2v) is 11.6. The number of hydrogen-bond acceptors (Lipinski definition) is 5. The number of ether oxygens (including phenoxy) is 3. The van der Waals surface area contributed by atoms with Gasteiger partial charge in [0, 0.05) is 48.3 Å². The Balaban J connectivity index is 1.41. The lowest BCUT2D eigenvalue weighted by Crippen LogP contribution is -2.16. The Hall–Kier alpha value is -3.36. The highest BCUT2D eigenvalue weighted by molar-refractivity contribution is 6.36. The van der Waals surface area contributed by atoms with E-state index in [-0.39, 0.29) is 12.7 Å². The molecule has 7 rings (SSSR count). The molecular weight excluding hydrogens is 606 g/mol. The molecule has 7 nitrogen and oxygen atoms in total. The van der Waals surface area contributed by atoms with E-state index in [9.17, 15) is 0 Å². The Morgan fingerprint density at radius 1 is 0.707 bits per heavy atom. The van der Waals surface area contributed by atoms with E-state index in [0.29, 0.717) is 56.4 Å². The molecule has 0 bridgehead atoms. The molecule has 0 fully saturated rings. The number of halogens is 4. The molecule has 41 heavy (non-hydrogen) atoms. The normalized spacial score (nSPS) is 13.7. The molecule has 2 aliphatic rings. The molecule has 0 N–H and O–H groups in total. The van der Waals surface area contributed by atoms with Gasteiger partial charge in [-0.2, -0.15) is 10.2 Å². The first kappa shape index (κ1) is 26.5. The van der Waals surface area contributed by atoms with E-state index in [1.165, 1.54) is 0 Å². The Kier molecular flexibility index (Phi) is 6.58. The molecule has 0 radical (unpaired) electrons. The third kappa shape index (κ3) is 4.43. The lowest BCUT2D eigenvalue weighted by molar-refractivity contribution is 0.174. The number of rotatable bonds is 5. The van der Waals surface area contributed by atoms with Gasteiger partial charge in [-0.15, -0.1) is 0 Å². The third-order valence-corrected chi connectivity index (χ3v) is 8.91. The second kappa shape index (κ2) is 10.2. The molecule has 2 aliphatic heterocycles. The number of aryl methyl sites for hydroxylation is 2. The first-order chi connectivity index (χ1) is 19.8. The van der Waals surface area contributed by atoms with Crippen LogP contribution < -0.4 is 14.2 Å². The highest BCUT2D eigenvalue weighted by atomic mass is 35.5. The van der Waals surface area contributed by atoms with Gasteiger partial charge in [0.2, 0.25) is 18.6 Å². The molecule has 0 spiro atoms. The van der Waals surface area contributed by atoms with Crippen LogP contribution in [-0.4, -0.2) is 26.4 Å². The van der Waals surface area contributed by atoms with Crippen LogP contribution in [0.5, 0.6) is 23.3 Å². The van der Waals surface area contributed by atoms with E-state index in [1.807, 2.05) is 68.4 Å². The van der Waals surface area contributed by atoms with Gasteiger partial charge < -0.3 is 14.2 Å². The largest absolute Gasteiger partial charge is 0.454 e. The van der Waals surface area contributed by atoms with Crippen LogP contribution in [0.2, 0.25) is 20.1 Å². The van der Waals surface area contributed by atoms with Crippen LogP contribution in [-0.2, 0) is 13.1 Å². The molecule has 208 valence electrons. The van der Waals surface area contributed by atoms with Crippen LogP contribution in [0.25, 0.3) is 0 Å². The molecule has 4 heterocycles. The van der Waals surface area contributed by atoms with Gasteiger partial charge in [0.05, 0.1) is 24.5 Å². The molecule has 3 aromatic carbocycles. The number of aromatic nitrogens is 4.